The number of benzene rings is 1. The van der Waals surface area contributed by atoms with Gasteiger partial charge in [-0.1, -0.05) is 6.42 Å². The smallest absolute Gasteiger partial charge is 0.134 e. The molecule has 2 bridgehead atoms. The monoisotopic (exact) mass is 281 g/mol. The quantitative estimate of drug-likeness (QED) is 0.911. The Kier molecular flexibility index (Phi) is 3.67. The van der Waals surface area contributed by atoms with Gasteiger partial charge in [-0.3, -0.25) is 0 Å². The van der Waals surface area contributed by atoms with Crippen LogP contribution in [0, 0.1) is 29.4 Å². The van der Waals surface area contributed by atoms with Crippen molar-refractivity contribution in [3.8, 4) is 5.75 Å². The van der Waals surface area contributed by atoms with Crippen LogP contribution < -0.4 is 10.5 Å². The molecule has 2 aliphatic carbocycles. The number of hydrogen-bond donors (Lipinski definition) is 1. The van der Waals surface area contributed by atoms with Crippen LogP contribution in [0.5, 0.6) is 5.75 Å². The van der Waals surface area contributed by atoms with E-state index in [1.165, 1.54) is 44.9 Å². The molecule has 0 aromatic heterocycles. The second-order valence-corrected chi connectivity index (χ2v) is 6.28. The fraction of sp³-hybridized carbons (Fsp3) is 0.625. The summed E-state index contributed by atoms with van der Waals surface area (Å²) in [6, 6.07) is 1.85. The Bertz CT molecular complexity index is 482. The molecule has 110 valence electrons. The zero-order valence-corrected chi connectivity index (χ0v) is 11.7. The predicted molar refractivity (Wildman–Crippen MR) is 73.4 cm³/mol. The molecule has 1 aromatic rings. The van der Waals surface area contributed by atoms with E-state index >= 15 is 0 Å². The molecule has 2 aliphatic rings. The maximum absolute atomic E-state index is 14.0. The van der Waals surface area contributed by atoms with Gasteiger partial charge in [-0.05, 0) is 43.4 Å². The summed E-state index contributed by atoms with van der Waals surface area (Å²) in [5.74, 6) is 1.06. The molecule has 0 amide bonds. The number of rotatable bonds is 4. The lowest BCUT2D eigenvalue weighted by Gasteiger charge is -2.25. The lowest BCUT2D eigenvalue weighted by atomic mass is 9.83. The van der Waals surface area contributed by atoms with E-state index in [9.17, 15) is 8.78 Å². The molecule has 0 radical (unpaired) electrons. The Morgan fingerprint density at radius 2 is 1.95 bits per heavy atom. The molecular formula is C16H21F2NO. The van der Waals surface area contributed by atoms with Gasteiger partial charge in [-0.25, -0.2) is 8.78 Å². The summed E-state index contributed by atoms with van der Waals surface area (Å²) in [4.78, 5) is 0. The molecule has 0 saturated heterocycles. The van der Waals surface area contributed by atoms with Crippen LogP contribution in [0.4, 0.5) is 8.78 Å². The van der Waals surface area contributed by atoms with Crippen molar-refractivity contribution in [1.29, 1.82) is 0 Å². The second kappa shape index (κ2) is 5.32. The summed E-state index contributed by atoms with van der Waals surface area (Å²) in [5, 5.41) is 0. The van der Waals surface area contributed by atoms with E-state index in [2.05, 4.69) is 0 Å². The predicted octanol–water partition coefficient (Wildman–Crippen LogP) is 3.80. The van der Waals surface area contributed by atoms with Crippen LogP contribution in [0.2, 0.25) is 0 Å². The van der Waals surface area contributed by atoms with Gasteiger partial charge < -0.3 is 10.5 Å². The number of methoxy groups -OCH3 is 1. The minimum Gasteiger partial charge on any atom is -0.497 e. The molecule has 4 unspecified atom stereocenters. The van der Waals surface area contributed by atoms with Crippen LogP contribution in [0.3, 0.4) is 0 Å². The summed E-state index contributed by atoms with van der Waals surface area (Å²) in [6.07, 6.45) is 5.72. The third-order valence-corrected chi connectivity index (χ3v) is 5.10. The van der Waals surface area contributed by atoms with Gasteiger partial charge in [0.25, 0.3) is 0 Å². The van der Waals surface area contributed by atoms with Gasteiger partial charge in [-0.15, -0.1) is 0 Å². The first-order chi connectivity index (χ1) is 9.58. The number of hydrogen-bond acceptors (Lipinski definition) is 2. The Morgan fingerprint density at radius 1 is 1.25 bits per heavy atom. The maximum Gasteiger partial charge on any atom is 0.134 e. The van der Waals surface area contributed by atoms with Crippen LogP contribution >= 0.6 is 0 Å². The molecule has 3 rings (SSSR count). The van der Waals surface area contributed by atoms with Crippen molar-refractivity contribution in [2.75, 3.05) is 7.11 Å². The fourth-order valence-corrected chi connectivity index (χ4v) is 4.14. The highest BCUT2D eigenvalue weighted by Gasteiger charge is 2.40. The highest BCUT2D eigenvalue weighted by Crippen LogP contribution is 2.50. The molecule has 2 nitrogen and oxygen atoms in total. The van der Waals surface area contributed by atoms with Gasteiger partial charge in [-0.2, -0.15) is 0 Å². The molecule has 4 atom stereocenters. The average molecular weight is 281 g/mol. The largest absolute Gasteiger partial charge is 0.497 e. The van der Waals surface area contributed by atoms with Gasteiger partial charge >= 0.3 is 0 Å². The van der Waals surface area contributed by atoms with E-state index in [0.717, 1.165) is 11.8 Å². The van der Waals surface area contributed by atoms with Crippen molar-refractivity contribution in [1.82, 2.24) is 0 Å². The first-order valence-corrected chi connectivity index (χ1v) is 7.37. The van der Waals surface area contributed by atoms with Crippen LogP contribution in [0.1, 0.15) is 43.7 Å². The van der Waals surface area contributed by atoms with E-state index < -0.39 is 17.7 Å². The van der Waals surface area contributed by atoms with Gasteiger partial charge in [0.2, 0.25) is 0 Å². The van der Waals surface area contributed by atoms with Crippen LogP contribution in [-0.4, -0.2) is 7.11 Å². The van der Waals surface area contributed by atoms with Crippen molar-refractivity contribution in [3.63, 3.8) is 0 Å². The molecule has 0 aliphatic heterocycles. The molecule has 2 N–H and O–H groups in total. The standard InChI is InChI=1S/C16H21F2NO/c1-20-12-7-13(17)16(14(18)8-12)15(19)6-11-5-9-2-3-10(11)4-9/h7-11,15H,2-6,19H2,1H3. The van der Waals surface area contributed by atoms with Crippen LogP contribution in [-0.2, 0) is 0 Å². The lowest BCUT2D eigenvalue weighted by Crippen LogP contribution is -2.21. The molecule has 0 heterocycles. The van der Waals surface area contributed by atoms with E-state index in [-0.39, 0.29) is 11.3 Å². The number of nitrogens with two attached hydrogens (primary N) is 1. The van der Waals surface area contributed by atoms with Gasteiger partial charge in [0.05, 0.1) is 7.11 Å². The molecule has 4 heteroatoms. The minimum absolute atomic E-state index is 0.00794. The van der Waals surface area contributed by atoms with Gasteiger partial charge in [0.1, 0.15) is 17.4 Å². The van der Waals surface area contributed by atoms with Gasteiger partial charge in [0, 0.05) is 23.7 Å². The Hall–Kier alpha value is -1.16. The minimum atomic E-state index is -0.600. The highest BCUT2D eigenvalue weighted by molar-refractivity contribution is 5.32. The Balaban J connectivity index is 1.75. The third-order valence-electron chi connectivity index (χ3n) is 5.10. The maximum atomic E-state index is 14.0. The molecule has 2 fully saturated rings. The third kappa shape index (κ3) is 2.41. The summed E-state index contributed by atoms with van der Waals surface area (Å²) >= 11 is 0. The Morgan fingerprint density at radius 3 is 2.45 bits per heavy atom. The van der Waals surface area contributed by atoms with E-state index in [1.54, 1.807) is 0 Å². The summed E-state index contributed by atoms with van der Waals surface area (Å²) in [7, 11) is 1.39. The first kappa shape index (κ1) is 13.8. The SMILES string of the molecule is COc1cc(F)c(C(N)CC2CC3CCC2C3)c(F)c1. The topological polar surface area (TPSA) is 35.2 Å². The second-order valence-electron chi connectivity index (χ2n) is 6.28. The van der Waals surface area contributed by atoms with Gasteiger partial charge in [0.15, 0.2) is 0 Å². The van der Waals surface area contributed by atoms with E-state index in [0.29, 0.717) is 12.3 Å². The van der Waals surface area contributed by atoms with E-state index in [1.807, 2.05) is 0 Å². The van der Waals surface area contributed by atoms with Crippen LogP contribution in [0.15, 0.2) is 12.1 Å². The summed E-state index contributed by atoms with van der Waals surface area (Å²) in [5.41, 5.74) is 6.09. The normalized spacial score (nSPS) is 29.7. The highest BCUT2D eigenvalue weighted by atomic mass is 19.1. The molecule has 0 spiro atoms. The van der Waals surface area contributed by atoms with Crippen molar-refractivity contribution >= 4 is 0 Å². The summed E-state index contributed by atoms with van der Waals surface area (Å²) < 4.78 is 32.9. The lowest BCUT2D eigenvalue weighted by molar-refractivity contribution is 0.291. The molecule has 1 aromatic carbocycles. The fourth-order valence-electron chi connectivity index (χ4n) is 4.14. The van der Waals surface area contributed by atoms with Crippen LogP contribution in [0.25, 0.3) is 0 Å². The number of ether oxygens (including phenoxy) is 1. The number of fused-ring (bicyclic) bond motifs is 2. The van der Waals surface area contributed by atoms with Crippen molar-refractivity contribution in [2.24, 2.45) is 23.5 Å². The number of halogens is 2. The zero-order chi connectivity index (χ0) is 14.3. The first-order valence-electron chi connectivity index (χ1n) is 7.37. The molecule has 20 heavy (non-hydrogen) atoms. The van der Waals surface area contributed by atoms with Crippen molar-refractivity contribution < 1.29 is 13.5 Å². The Labute approximate surface area is 118 Å². The molecular weight excluding hydrogens is 260 g/mol. The zero-order valence-electron chi connectivity index (χ0n) is 11.7. The van der Waals surface area contributed by atoms with E-state index in [4.69, 9.17) is 10.5 Å². The van der Waals surface area contributed by atoms with Crippen molar-refractivity contribution in [3.05, 3.63) is 29.3 Å². The molecule has 2 saturated carbocycles. The van der Waals surface area contributed by atoms with Crippen molar-refractivity contribution in [2.45, 2.75) is 38.1 Å². The summed E-state index contributed by atoms with van der Waals surface area (Å²) in [6.45, 7) is 0. The average Bonchev–Trinajstić information content (AvgIpc) is 2.99.